The second-order valence-electron chi connectivity index (χ2n) is 7.48. The number of nitrogens with zero attached hydrogens (tertiary/aromatic N) is 2. The van der Waals surface area contributed by atoms with Gasteiger partial charge in [0.25, 0.3) is 5.91 Å². The first-order valence-corrected chi connectivity index (χ1v) is 9.85. The van der Waals surface area contributed by atoms with E-state index in [2.05, 4.69) is 17.2 Å². The highest BCUT2D eigenvalue weighted by atomic mass is 32.1. The van der Waals surface area contributed by atoms with Gasteiger partial charge in [0.05, 0.1) is 15.3 Å². The van der Waals surface area contributed by atoms with Gasteiger partial charge in [0, 0.05) is 24.7 Å². The van der Waals surface area contributed by atoms with Crippen molar-refractivity contribution in [2.24, 2.45) is 11.1 Å². The van der Waals surface area contributed by atoms with Gasteiger partial charge >= 0.3 is 0 Å². The van der Waals surface area contributed by atoms with Crippen LogP contribution in [0.5, 0.6) is 0 Å². The van der Waals surface area contributed by atoms with Crippen LogP contribution < -0.4 is 11.1 Å². The van der Waals surface area contributed by atoms with Crippen molar-refractivity contribution in [3.8, 4) is 10.4 Å². The van der Waals surface area contributed by atoms with Crippen molar-refractivity contribution in [3.63, 3.8) is 0 Å². The molecule has 1 aliphatic heterocycles. The molecule has 7 nitrogen and oxygen atoms in total. The molecule has 0 unspecified atom stereocenters. The largest absolute Gasteiger partial charge is 0.369 e. The molecule has 8 heteroatoms. The maximum atomic E-state index is 13.3. The molecule has 1 aromatic carbocycles. The first-order chi connectivity index (χ1) is 13.2. The summed E-state index contributed by atoms with van der Waals surface area (Å²) in [6.07, 6.45) is 1.09. The Balaban J connectivity index is 1.68. The quantitative estimate of drug-likeness (QED) is 0.826. The lowest BCUT2D eigenvalue weighted by Crippen LogP contribution is -2.37. The SMILES string of the molecule is [CH2][C@H]1C[C@@]2(C(N)=O)C[C@@H]2N1C(=O)c1nc(C)sc1-c1cccc(NC(C)=O)c1. The van der Waals surface area contributed by atoms with E-state index in [9.17, 15) is 14.4 Å². The highest BCUT2D eigenvalue weighted by Crippen LogP contribution is 2.59. The van der Waals surface area contributed by atoms with Crippen molar-refractivity contribution in [3.05, 3.63) is 41.9 Å². The Morgan fingerprint density at radius 2 is 2.11 bits per heavy atom. The van der Waals surface area contributed by atoms with Gasteiger partial charge in [-0.05, 0) is 44.4 Å². The van der Waals surface area contributed by atoms with Crippen molar-refractivity contribution in [2.75, 3.05) is 5.32 Å². The number of primary amides is 1. The number of nitrogens with one attached hydrogen (secondary N) is 1. The van der Waals surface area contributed by atoms with Crippen molar-refractivity contribution < 1.29 is 14.4 Å². The lowest BCUT2D eigenvalue weighted by molar-refractivity contribution is -0.123. The smallest absolute Gasteiger partial charge is 0.274 e. The number of aryl methyl sites for hydroxylation is 1. The predicted octanol–water partition coefficient (Wildman–Crippen LogP) is 2.37. The van der Waals surface area contributed by atoms with Crippen LogP contribution in [0.2, 0.25) is 0 Å². The van der Waals surface area contributed by atoms with Crippen LogP contribution in [0.15, 0.2) is 24.3 Å². The molecule has 1 aromatic heterocycles. The van der Waals surface area contributed by atoms with E-state index in [1.165, 1.54) is 18.3 Å². The molecular formula is C20H21N4O3S. The number of hydrogen-bond donors (Lipinski definition) is 2. The Hall–Kier alpha value is -2.74. The predicted molar refractivity (Wildman–Crippen MR) is 107 cm³/mol. The number of thiazole rings is 1. The molecule has 1 aliphatic carbocycles. The minimum atomic E-state index is -0.626. The lowest BCUT2D eigenvalue weighted by atomic mass is 10.00. The standard InChI is InChI=1S/C20H21N4O3S/c1-10-8-20(19(21)27)9-15(20)24(10)18(26)16-17(28-12(3)23-16)13-5-4-6-14(7-13)22-11(2)25/h4-7,10,15H,1,8-9H2,2-3H3,(H2,21,27)(H,22,25)/t10-,15-,20+/m0/s1. The van der Waals surface area contributed by atoms with E-state index in [1.807, 2.05) is 25.1 Å². The van der Waals surface area contributed by atoms with Crippen LogP contribution in [0, 0.1) is 19.3 Å². The Morgan fingerprint density at radius 1 is 1.36 bits per heavy atom. The fourth-order valence-electron chi connectivity index (χ4n) is 4.15. The van der Waals surface area contributed by atoms with Gasteiger partial charge in [0.1, 0.15) is 5.69 Å². The Morgan fingerprint density at radius 3 is 2.75 bits per heavy atom. The van der Waals surface area contributed by atoms with E-state index < -0.39 is 5.41 Å². The van der Waals surface area contributed by atoms with E-state index in [0.717, 1.165) is 15.4 Å². The molecule has 3 amide bonds. The zero-order chi connectivity index (χ0) is 20.2. The topological polar surface area (TPSA) is 105 Å². The van der Waals surface area contributed by atoms with Gasteiger partial charge in [-0.2, -0.15) is 0 Å². The van der Waals surface area contributed by atoms with Crippen LogP contribution in [0.4, 0.5) is 5.69 Å². The number of nitrogens with two attached hydrogens (primary N) is 1. The lowest BCUT2D eigenvalue weighted by Gasteiger charge is -2.23. The molecule has 2 fully saturated rings. The van der Waals surface area contributed by atoms with Crippen LogP contribution in [0.1, 0.15) is 35.3 Å². The first kappa shape index (κ1) is 18.6. The van der Waals surface area contributed by atoms with E-state index in [-0.39, 0.29) is 29.8 Å². The summed E-state index contributed by atoms with van der Waals surface area (Å²) in [5, 5.41) is 3.52. The number of benzene rings is 1. The van der Waals surface area contributed by atoms with Crippen LogP contribution in [0.3, 0.4) is 0 Å². The Bertz CT molecular complexity index is 1000. The number of anilines is 1. The van der Waals surface area contributed by atoms with Crippen LogP contribution in [-0.4, -0.2) is 39.7 Å². The van der Waals surface area contributed by atoms with Gasteiger partial charge in [0.15, 0.2) is 0 Å². The molecule has 1 saturated carbocycles. The fraction of sp³-hybridized carbons (Fsp3) is 0.350. The molecule has 1 radical (unpaired) electrons. The minimum absolute atomic E-state index is 0.164. The monoisotopic (exact) mass is 397 g/mol. The highest BCUT2D eigenvalue weighted by Gasteiger charge is 2.68. The Kier molecular flexibility index (Phi) is 4.26. The zero-order valence-corrected chi connectivity index (χ0v) is 16.5. The number of fused-ring (bicyclic) bond motifs is 1. The number of carbonyl (C=O) groups excluding carboxylic acids is 3. The fourth-order valence-corrected chi connectivity index (χ4v) is 5.05. The summed E-state index contributed by atoms with van der Waals surface area (Å²) >= 11 is 1.42. The number of hydrogen-bond acceptors (Lipinski definition) is 5. The molecule has 2 aromatic rings. The molecule has 2 aliphatic rings. The van der Waals surface area contributed by atoms with Crippen molar-refractivity contribution in [1.82, 2.24) is 9.88 Å². The maximum Gasteiger partial charge on any atom is 0.274 e. The first-order valence-electron chi connectivity index (χ1n) is 9.04. The molecule has 3 atom stereocenters. The number of carbonyl (C=O) groups is 3. The average molecular weight is 397 g/mol. The summed E-state index contributed by atoms with van der Waals surface area (Å²) in [5.74, 6) is -0.753. The van der Waals surface area contributed by atoms with Crippen LogP contribution in [-0.2, 0) is 9.59 Å². The van der Waals surface area contributed by atoms with Crippen molar-refractivity contribution >= 4 is 34.7 Å². The van der Waals surface area contributed by atoms with E-state index in [1.54, 1.807) is 11.0 Å². The number of aromatic nitrogens is 1. The normalized spacial score (nSPS) is 25.3. The van der Waals surface area contributed by atoms with Crippen LogP contribution >= 0.6 is 11.3 Å². The van der Waals surface area contributed by atoms with E-state index >= 15 is 0 Å². The van der Waals surface area contributed by atoms with E-state index in [0.29, 0.717) is 24.2 Å². The summed E-state index contributed by atoms with van der Waals surface area (Å²) in [4.78, 5) is 43.4. The minimum Gasteiger partial charge on any atom is -0.369 e. The van der Waals surface area contributed by atoms with Gasteiger partial charge < -0.3 is 16.0 Å². The molecule has 0 bridgehead atoms. The van der Waals surface area contributed by atoms with Crippen molar-refractivity contribution in [1.29, 1.82) is 0 Å². The summed E-state index contributed by atoms with van der Waals surface area (Å²) in [7, 11) is 0. The van der Waals surface area contributed by atoms with Gasteiger partial charge in [-0.15, -0.1) is 11.3 Å². The molecule has 2 heterocycles. The van der Waals surface area contributed by atoms with Gasteiger partial charge in [-0.1, -0.05) is 12.1 Å². The van der Waals surface area contributed by atoms with Gasteiger partial charge in [-0.25, -0.2) is 4.98 Å². The summed E-state index contributed by atoms with van der Waals surface area (Å²) in [5.41, 5.74) is 6.75. The number of amides is 3. The summed E-state index contributed by atoms with van der Waals surface area (Å²) in [6.45, 7) is 7.35. The highest BCUT2D eigenvalue weighted by molar-refractivity contribution is 7.15. The third-order valence-electron chi connectivity index (χ3n) is 5.47. The molecule has 4 rings (SSSR count). The zero-order valence-electron chi connectivity index (χ0n) is 15.7. The Labute approximate surface area is 166 Å². The number of rotatable bonds is 4. The van der Waals surface area contributed by atoms with Gasteiger partial charge in [-0.3, -0.25) is 14.4 Å². The average Bonchev–Trinajstić information content (AvgIpc) is 3.05. The molecule has 0 spiro atoms. The molecular weight excluding hydrogens is 376 g/mol. The number of piperidine rings is 1. The summed E-state index contributed by atoms with van der Waals surface area (Å²) in [6, 6.07) is 6.81. The second-order valence-corrected chi connectivity index (χ2v) is 8.69. The maximum absolute atomic E-state index is 13.3. The van der Waals surface area contributed by atoms with E-state index in [4.69, 9.17) is 5.73 Å². The van der Waals surface area contributed by atoms with Crippen molar-refractivity contribution in [2.45, 2.75) is 38.8 Å². The summed E-state index contributed by atoms with van der Waals surface area (Å²) < 4.78 is 0. The number of likely N-dealkylation sites (tertiary alicyclic amines) is 1. The molecule has 3 N–H and O–H groups in total. The second kappa shape index (κ2) is 6.41. The third kappa shape index (κ3) is 2.88. The molecule has 28 heavy (non-hydrogen) atoms. The van der Waals surface area contributed by atoms with Crippen LogP contribution in [0.25, 0.3) is 10.4 Å². The third-order valence-corrected chi connectivity index (χ3v) is 6.49. The molecule has 1 saturated heterocycles. The molecule has 145 valence electrons. The van der Waals surface area contributed by atoms with Gasteiger partial charge in [0.2, 0.25) is 11.8 Å².